The summed E-state index contributed by atoms with van der Waals surface area (Å²) in [5.74, 6) is -0.0400. The number of amides is 1. The average molecular weight is 357 g/mol. The van der Waals surface area contributed by atoms with Gasteiger partial charge in [-0.3, -0.25) is 4.79 Å². The molecular formula is C15H21BrN2O3. The van der Waals surface area contributed by atoms with Crippen LogP contribution in [0.25, 0.3) is 0 Å². The van der Waals surface area contributed by atoms with Crippen LogP contribution in [0.5, 0.6) is 0 Å². The van der Waals surface area contributed by atoms with E-state index in [0.29, 0.717) is 29.5 Å². The van der Waals surface area contributed by atoms with Gasteiger partial charge in [-0.2, -0.15) is 0 Å². The summed E-state index contributed by atoms with van der Waals surface area (Å²) < 4.78 is 11.4. The van der Waals surface area contributed by atoms with Gasteiger partial charge in [-0.15, -0.1) is 0 Å². The Morgan fingerprint density at radius 3 is 2.81 bits per heavy atom. The maximum atomic E-state index is 12.2. The molecule has 0 spiro atoms. The van der Waals surface area contributed by atoms with Crippen LogP contribution >= 0.6 is 15.9 Å². The Hall–Kier alpha value is -0.980. The third-order valence-electron chi connectivity index (χ3n) is 3.64. The topological polar surface area (TPSA) is 60.5 Å². The molecule has 116 valence electrons. The van der Waals surface area contributed by atoms with E-state index in [1.54, 1.807) is 25.4 Å². The van der Waals surface area contributed by atoms with Gasteiger partial charge in [0.25, 0.3) is 5.91 Å². The van der Waals surface area contributed by atoms with Gasteiger partial charge in [-0.25, -0.2) is 4.98 Å². The number of methoxy groups -OCH3 is 1. The summed E-state index contributed by atoms with van der Waals surface area (Å²) in [7, 11) is 1.67. The third kappa shape index (κ3) is 5.37. The van der Waals surface area contributed by atoms with Crippen LogP contribution < -0.4 is 5.32 Å². The Balaban J connectivity index is 1.74. The van der Waals surface area contributed by atoms with E-state index in [1.165, 1.54) is 0 Å². The van der Waals surface area contributed by atoms with Crippen molar-refractivity contribution in [2.24, 2.45) is 0 Å². The lowest BCUT2D eigenvalue weighted by atomic mass is 9.92. The number of carbonyl (C=O) groups excluding carboxylic acids is 1. The highest BCUT2D eigenvalue weighted by molar-refractivity contribution is 9.10. The Morgan fingerprint density at radius 1 is 1.38 bits per heavy atom. The van der Waals surface area contributed by atoms with Gasteiger partial charge in [0, 0.05) is 24.9 Å². The monoisotopic (exact) mass is 356 g/mol. The first-order chi connectivity index (χ1) is 10.2. The zero-order chi connectivity index (χ0) is 15.1. The highest BCUT2D eigenvalue weighted by atomic mass is 79.9. The number of nitrogens with zero attached hydrogens (tertiary/aromatic N) is 1. The molecular weight excluding hydrogens is 336 g/mol. The molecule has 0 radical (unpaired) electrons. The molecule has 1 aliphatic rings. The Morgan fingerprint density at radius 2 is 2.14 bits per heavy atom. The van der Waals surface area contributed by atoms with Gasteiger partial charge in [0.2, 0.25) is 0 Å². The SMILES string of the molecule is COCCOC1CCC(NC(=O)c2ccnc(Br)c2)CC1. The summed E-state index contributed by atoms with van der Waals surface area (Å²) in [6, 6.07) is 3.68. The molecule has 0 aromatic carbocycles. The predicted octanol–water partition coefficient (Wildman–Crippen LogP) is 2.55. The van der Waals surface area contributed by atoms with E-state index in [4.69, 9.17) is 9.47 Å². The fraction of sp³-hybridized carbons (Fsp3) is 0.600. The molecule has 21 heavy (non-hydrogen) atoms. The second-order valence-corrected chi connectivity index (χ2v) is 5.99. The van der Waals surface area contributed by atoms with Crippen LogP contribution in [-0.4, -0.2) is 43.4 Å². The first-order valence-corrected chi connectivity index (χ1v) is 8.01. The van der Waals surface area contributed by atoms with Crippen LogP contribution in [0.1, 0.15) is 36.0 Å². The van der Waals surface area contributed by atoms with Gasteiger partial charge in [-0.05, 0) is 53.7 Å². The van der Waals surface area contributed by atoms with Crippen molar-refractivity contribution in [1.29, 1.82) is 0 Å². The van der Waals surface area contributed by atoms with Crippen LogP contribution in [0.4, 0.5) is 0 Å². The molecule has 0 saturated heterocycles. The summed E-state index contributed by atoms with van der Waals surface area (Å²) in [6.45, 7) is 1.27. The molecule has 5 nitrogen and oxygen atoms in total. The molecule has 1 heterocycles. The maximum absolute atomic E-state index is 12.2. The molecule has 1 aromatic heterocycles. The smallest absolute Gasteiger partial charge is 0.251 e. The number of aromatic nitrogens is 1. The quantitative estimate of drug-likeness (QED) is 0.628. The Bertz CT molecular complexity index is 462. The zero-order valence-electron chi connectivity index (χ0n) is 12.2. The maximum Gasteiger partial charge on any atom is 0.251 e. The zero-order valence-corrected chi connectivity index (χ0v) is 13.8. The lowest BCUT2D eigenvalue weighted by Crippen LogP contribution is -2.39. The van der Waals surface area contributed by atoms with Crippen molar-refractivity contribution in [2.75, 3.05) is 20.3 Å². The summed E-state index contributed by atoms with van der Waals surface area (Å²) in [6.07, 6.45) is 5.79. The molecule has 0 atom stereocenters. The second-order valence-electron chi connectivity index (χ2n) is 5.18. The van der Waals surface area contributed by atoms with Crippen LogP contribution in [0.2, 0.25) is 0 Å². The van der Waals surface area contributed by atoms with Crippen LogP contribution in [0, 0.1) is 0 Å². The Labute approximate surface area is 133 Å². The first kappa shape index (κ1) is 16.4. The van der Waals surface area contributed by atoms with Crippen molar-refractivity contribution in [2.45, 2.75) is 37.8 Å². The van der Waals surface area contributed by atoms with Crippen molar-refractivity contribution in [3.8, 4) is 0 Å². The molecule has 6 heteroatoms. The number of carbonyl (C=O) groups is 1. The van der Waals surface area contributed by atoms with Crippen molar-refractivity contribution in [3.05, 3.63) is 28.5 Å². The number of hydrogen-bond donors (Lipinski definition) is 1. The van der Waals surface area contributed by atoms with E-state index in [9.17, 15) is 4.79 Å². The molecule has 1 amide bonds. The van der Waals surface area contributed by atoms with Crippen molar-refractivity contribution >= 4 is 21.8 Å². The molecule has 0 bridgehead atoms. The highest BCUT2D eigenvalue weighted by Crippen LogP contribution is 2.21. The van der Waals surface area contributed by atoms with E-state index in [0.717, 1.165) is 25.7 Å². The number of hydrogen-bond acceptors (Lipinski definition) is 4. The van der Waals surface area contributed by atoms with E-state index >= 15 is 0 Å². The molecule has 0 unspecified atom stereocenters. The standard InChI is InChI=1S/C15H21BrN2O3/c1-20-8-9-21-13-4-2-12(3-5-13)18-15(19)11-6-7-17-14(16)10-11/h6-7,10,12-13H,2-5,8-9H2,1H3,(H,18,19). The summed E-state index contributed by atoms with van der Waals surface area (Å²) in [5.41, 5.74) is 0.635. The number of nitrogens with one attached hydrogen (secondary N) is 1. The molecule has 1 fully saturated rings. The van der Waals surface area contributed by atoms with Gasteiger partial charge in [0.1, 0.15) is 4.60 Å². The summed E-state index contributed by atoms with van der Waals surface area (Å²) in [5, 5.41) is 3.08. The van der Waals surface area contributed by atoms with Gasteiger partial charge < -0.3 is 14.8 Å². The number of rotatable bonds is 6. The normalized spacial score (nSPS) is 22.0. The predicted molar refractivity (Wildman–Crippen MR) is 83.3 cm³/mol. The lowest BCUT2D eigenvalue weighted by Gasteiger charge is -2.29. The van der Waals surface area contributed by atoms with Gasteiger partial charge in [0.05, 0.1) is 19.3 Å². The average Bonchev–Trinajstić information content (AvgIpc) is 2.49. The van der Waals surface area contributed by atoms with Gasteiger partial charge in [0.15, 0.2) is 0 Å². The highest BCUT2D eigenvalue weighted by Gasteiger charge is 2.23. The second kappa shape index (κ2) is 8.46. The first-order valence-electron chi connectivity index (χ1n) is 7.22. The van der Waals surface area contributed by atoms with Crippen LogP contribution in [-0.2, 0) is 9.47 Å². The van der Waals surface area contributed by atoms with Crippen molar-refractivity contribution < 1.29 is 14.3 Å². The minimum Gasteiger partial charge on any atom is -0.382 e. The molecule has 1 N–H and O–H groups in total. The molecule has 1 saturated carbocycles. The molecule has 1 aromatic rings. The van der Waals surface area contributed by atoms with Gasteiger partial charge >= 0.3 is 0 Å². The third-order valence-corrected chi connectivity index (χ3v) is 4.07. The van der Waals surface area contributed by atoms with Crippen LogP contribution in [0.15, 0.2) is 22.9 Å². The van der Waals surface area contributed by atoms with Gasteiger partial charge in [-0.1, -0.05) is 0 Å². The Kier molecular flexibility index (Phi) is 6.60. The molecule has 2 rings (SSSR count). The van der Waals surface area contributed by atoms with Crippen molar-refractivity contribution in [1.82, 2.24) is 10.3 Å². The van der Waals surface area contributed by atoms with E-state index < -0.39 is 0 Å². The minimum absolute atomic E-state index is 0.0400. The minimum atomic E-state index is -0.0400. The fourth-order valence-electron chi connectivity index (χ4n) is 2.48. The van der Waals surface area contributed by atoms with Crippen LogP contribution in [0.3, 0.4) is 0 Å². The molecule has 0 aliphatic heterocycles. The molecule has 1 aliphatic carbocycles. The largest absolute Gasteiger partial charge is 0.382 e. The fourth-order valence-corrected chi connectivity index (χ4v) is 2.85. The summed E-state index contributed by atoms with van der Waals surface area (Å²) >= 11 is 3.28. The lowest BCUT2D eigenvalue weighted by molar-refractivity contribution is -0.00408. The summed E-state index contributed by atoms with van der Waals surface area (Å²) in [4.78, 5) is 16.2. The number of halogens is 1. The number of pyridine rings is 1. The van der Waals surface area contributed by atoms with E-state index in [1.807, 2.05) is 0 Å². The van der Waals surface area contributed by atoms with Crippen molar-refractivity contribution in [3.63, 3.8) is 0 Å². The number of ether oxygens (including phenoxy) is 2. The van der Waals surface area contributed by atoms with E-state index in [2.05, 4.69) is 26.2 Å². The van der Waals surface area contributed by atoms with E-state index in [-0.39, 0.29) is 11.9 Å².